The minimum atomic E-state index is -0.240. The van der Waals surface area contributed by atoms with E-state index in [9.17, 15) is 4.39 Å². The van der Waals surface area contributed by atoms with Crippen LogP contribution in [0.1, 0.15) is 5.56 Å². The third-order valence-corrected chi connectivity index (χ3v) is 3.03. The number of aromatic nitrogens is 2. The first kappa shape index (κ1) is 11.6. The Labute approximate surface area is 109 Å². The minimum Gasteiger partial charge on any atom is -0.382 e. The van der Waals surface area contributed by atoms with Crippen molar-refractivity contribution in [2.75, 3.05) is 5.73 Å². The molecule has 3 nitrogen and oxygen atoms in total. The quantitative estimate of drug-likeness (QED) is 0.723. The maximum absolute atomic E-state index is 13.3. The van der Waals surface area contributed by atoms with E-state index in [1.807, 2.05) is 24.3 Å². The summed E-state index contributed by atoms with van der Waals surface area (Å²) in [6, 6.07) is 12.3. The SMILES string of the molecule is Cc1cc(-c2nc3ccccc3nc2N)ccc1F. The van der Waals surface area contributed by atoms with E-state index in [0.29, 0.717) is 17.1 Å². The van der Waals surface area contributed by atoms with Crippen molar-refractivity contribution in [2.24, 2.45) is 0 Å². The molecule has 4 heteroatoms. The number of nitrogens with zero attached hydrogens (tertiary/aromatic N) is 2. The highest BCUT2D eigenvalue weighted by molar-refractivity contribution is 5.82. The zero-order chi connectivity index (χ0) is 13.4. The molecule has 3 rings (SSSR count). The highest BCUT2D eigenvalue weighted by Gasteiger charge is 2.09. The summed E-state index contributed by atoms with van der Waals surface area (Å²) < 4.78 is 13.3. The Kier molecular flexibility index (Phi) is 2.63. The monoisotopic (exact) mass is 253 g/mol. The van der Waals surface area contributed by atoms with Crippen molar-refractivity contribution in [1.29, 1.82) is 0 Å². The van der Waals surface area contributed by atoms with Crippen LogP contribution in [0.2, 0.25) is 0 Å². The highest BCUT2D eigenvalue weighted by Crippen LogP contribution is 2.26. The lowest BCUT2D eigenvalue weighted by Crippen LogP contribution is -1.99. The summed E-state index contributed by atoms with van der Waals surface area (Å²) in [6.45, 7) is 1.71. The molecule has 0 spiro atoms. The predicted octanol–water partition coefficient (Wildman–Crippen LogP) is 3.33. The molecule has 0 aliphatic rings. The number of nitrogen functional groups attached to an aromatic ring is 1. The molecule has 0 radical (unpaired) electrons. The van der Waals surface area contributed by atoms with Gasteiger partial charge in [0, 0.05) is 5.56 Å². The van der Waals surface area contributed by atoms with Gasteiger partial charge in [-0.15, -0.1) is 0 Å². The van der Waals surface area contributed by atoms with E-state index in [1.165, 1.54) is 6.07 Å². The van der Waals surface area contributed by atoms with Gasteiger partial charge in [-0.2, -0.15) is 0 Å². The zero-order valence-corrected chi connectivity index (χ0v) is 10.4. The van der Waals surface area contributed by atoms with E-state index in [1.54, 1.807) is 19.1 Å². The van der Waals surface area contributed by atoms with Gasteiger partial charge in [-0.05, 0) is 42.8 Å². The molecular formula is C15H12FN3. The van der Waals surface area contributed by atoms with Crippen LogP contribution in [0.4, 0.5) is 10.2 Å². The van der Waals surface area contributed by atoms with Crippen molar-refractivity contribution < 1.29 is 4.39 Å². The van der Waals surface area contributed by atoms with Gasteiger partial charge in [-0.1, -0.05) is 12.1 Å². The first-order valence-corrected chi connectivity index (χ1v) is 5.94. The van der Waals surface area contributed by atoms with Crippen molar-refractivity contribution in [3.8, 4) is 11.3 Å². The molecular weight excluding hydrogens is 241 g/mol. The van der Waals surface area contributed by atoms with Crippen LogP contribution >= 0.6 is 0 Å². The van der Waals surface area contributed by atoms with Crippen LogP contribution in [-0.4, -0.2) is 9.97 Å². The van der Waals surface area contributed by atoms with Gasteiger partial charge in [-0.25, -0.2) is 14.4 Å². The Bertz CT molecular complexity index is 768. The summed E-state index contributed by atoms with van der Waals surface area (Å²) >= 11 is 0. The normalized spacial score (nSPS) is 10.8. The second-order valence-electron chi connectivity index (χ2n) is 4.41. The molecule has 0 fully saturated rings. The van der Waals surface area contributed by atoms with Gasteiger partial charge in [0.2, 0.25) is 0 Å². The van der Waals surface area contributed by atoms with Crippen LogP contribution in [-0.2, 0) is 0 Å². The topological polar surface area (TPSA) is 51.8 Å². The average Bonchev–Trinajstić information content (AvgIpc) is 2.41. The van der Waals surface area contributed by atoms with Gasteiger partial charge in [0.25, 0.3) is 0 Å². The summed E-state index contributed by atoms with van der Waals surface area (Å²) in [7, 11) is 0. The number of rotatable bonds is 1. The Morgan fingerprint density at radius 2 is 1.68 bits per heavy atom. The molecule has 0 atom stereocenters. The third kappa shape index (κ3) is 2.01. The smallest absolute Gasteiger partial charge is 0.150 e. The van der Waals surface area contributed by atoms with Gasteiger partial charge < -0.3 is 5.73 Å². The Morgan fingerprint density at radius 3 is 2.37 bits per heavy atom. The fourth-order valence-electron chi connectivity index (χ4n) is 2.02. The summed E-state index contributed by atoms with van der Waals surface area (Å²) in [5, 5.41) is 0. The summed E-state index contributed by atoms with van der Waals surface area (Å²) in [4.78, 5) is 8.83. The molecule has 0 saturated heterocycles. The van der Waals surface area contributed by atoms with Gasteiger partial charge >= 0.3 is 0 Å². The van der Waals surface area contributed by atoms with Gasteiger partial charge in [0.15, 0.2) is 5.82 Å². The van der Waals surface area contributed by atoms with Crippen LogP contribution in [0.25, 0.3) is 22.3 Å². The summed E-state index contributed by atoms with van der Waals surface area (Å²) in [5.41, 5.74) is 9.38. The molecule has 0 unspecified atom stereocenters. The Hall–Kier alpha value is -2.49. The van der Waals surface area contributed by atoms with Crippen molar-refractivity contribution >= 4 is 16.9 Å². The molecule has 0 bridgehead atoms. The molecule has 1 aromatic heterocycles. The second kappa shape index (κ2) is 4.31. The lowest BCUT2D eigenvalue weighted by molar-refractivity contribution is 0.619. The van der Waals surface area contributed by atoms with E-state index in [0.717, 1.165) is 16.6 Å². The Balaban J connectivity index is 2.23. The van der Waals surface area contributed by atoms with Crippen LogP contribution in [0, 0.1) is 12.7 Å². The van der Waals surface area contributed by atoms with Crippen LogP contribution < -0.4 is 5.73 Å². The van der Waals surface area contributed by atoms with E-state index in [-0.39, 0.29) is 5.82 Å². The predicted molar refractivity (Wildman–Crippen MR) is 74.1 cm³/mol. The molecule has 0 aliphatic carbocycles. The van der Waals surface area contributed by atoms with Crippen molar-refractivity contribution in [2.45, 2.75) is 6.92 Å². The average molecular weight is 253 g/mol. The van der Waals surface area contributed by atoms with Gasteiger partial charge in [0.05, 0.1) is 11.0 Å². The number of aryl methyl sites for hydroxylation is 1. The van der Waals surface area contributed by atoms with Crippen molar-refractivity contribution in [3.63, 3.8) is 0 Å². The number of para-hydroxylation sites is 2. The van der Waals surface area contributed by atoms with Crippen molar-refractivity contribution in [1.82, 2.24) is 9.97 Å². The van der Waals surface area contributed by atoms with E-state index in [4.69, 9.17) is 5.73 Å². The first-order valence-electron chi connectivity index (χ1n) is 5.94. The van der Waals surface area contributed by atoms with Gasteiger partial charge in [-0.3, -0.25) is 0 Å². The largest absolute Gasteiger partial charge is 0.382 e. The fraction of sp³-hybridized carbons (Fsp3) is 0.0667. The standard InChI is InChI=1S/C15H12FN3/c1-9-8-10(6-7-11(9)16)14-15(17)19-13-5-3-2-4-12(13)18-14/h2-8H,1H3,(H2,17,19). The molecule has 0 aliphatic heterocycles. The minimum absolute atomic E-state index is 0.240. The number of nitrogens with two attached hydrogens (primary N) is 1. The number of fused-ring (bicyclic) bond motifs is 1. The zero-order valence-electron chi connectivity index (χ0n) is 10.4. The number of hydrogen-bond donors (Lipinski definition) is 1. The fourth-order valence-corrected chi connectivity index (χ4v) is 2.02. The lowest BCUT2D eigenvalue weighted by Gasteiger charge is -2.07. The van der Waals surface area contributed by atoms with E-state index < -0.39 is 0 Å². The highest BCUT2D eigenvalue weighted by atomic mass is 19.1. The van der Waals surface area contributed by atoms with E-state index >= 15 is 0 Å². The lowest BCUT2D eigenvalue weighted by atomic mass is 10.1. The summed E-state index contributed by atoms with van der Waals surface area (Å²) in [5.74, 6) is 0.112. The first-order chi connectivity index (χ1) is 9.15. The number of anilines is 1. The number of halogens is 1. The maximum atomic E-state index is 13.3. The molecule has 2 aromatic carbocycles. The molecule has 1 heterocycles. The Morgan fingerprint density at radius 1 is 1.00 bits per heavy atom. The van der Waals surface area contributed by atoms with Gasteiger partial charge in [0.1, 0.15) is 11.5 Å². The van der Waals surface area contributed by atoms with E-state index in [2.05, 4.69) is 9.97 Å². The molecule has 0 amide bonds. The number of benzene rings is 2. The van der Waals surface area contributed by atoms with Crippen LogP contribution in [0.3, 0.4) is 0 Å². The van der Waals surface area contributed by atoms with Crippen LogP contribution in [0.15, 0.2) is 42.5 Å². The summed E-state index contributed by atoms with van der Waals surface area (Å²) in [6.07, 6.45) is 0. The second-order valence-corrected chi connectivity index (χ2v) is 4.41. The molecule has 19 heavy (non-hydrogen) atoms. The molecule has 0 saturated carbocycles. The number of hydrogen-bond acceptors (Lipinski definition) is 3. The molecule has 2 N–H and O–H groups in total. The third-order valence-electron chi connectivity index (χ3n) is 3.03. The van der Waals surface area contributed by atoms with Crippen molar-refractivity contribution in [3.05, 3.63) is 53.8 Å². The molecule has 94 valence electrons. The molecule has 3 aromatic rings. The maximum Gasteiger partial charge on any atom is 0.150 e. The van der Waals surface area contributed by atoms with Crippen LogP contribution in [0.5, 0.6) is 0 Å².